The van der Waals surface area contributed by atoms with Crippen molar-refractivity contribution in [1.29, 1.82) is 0 Å². The molecule has 1 saturated heterocycles. The van der Waals surface area contributed by atoms with Gasteiger partial charge in [0, 0.05) is 31.5 Å². The van der Waals surface area contributed by atoms with Crippen molar-refractivity contribution in [3.8, 4) is 5.75 Å². The number of nitrogens with two attached hydrogens (primary N) is 1. The lowest BCUT2D eigenvalue weighted by Gasteiger charge is -2.34. The van der Waals surface area contributed by atoms with E-state index in [0.717, 1.165) is 0 Å². The number of hydrogen-bond acceptors (Lipinski definition) is 4. The second-order valence-corrected chi connectivity index (χ2v) is 5.48. The van der Waals surface area contributed by atoms with E-state index in [0.29, 0.717) is 31.7 Å². The first-order valence-electron chi connectivity index (χ1n) is 7.24. The highest BCUT2D eigenvalue weighted by molar-refractivity contribution is 5.95. The minimum Gasteiger partial charge on any atom is -0.484 e. The Morgan fingerprint density at radius 1 is 1.35 bits per heavy atom. The molecule has 8 heteroatoms. The number of halogens is 3. The summed E-state index contributed by atoms with van der Waals surface area (Å²) in [6.07, 6.45) is -3.38. The number of anilines is 1. The Hall–Kier alpha value is -1.80. The number of ether oxygens (including phenoxy) is 2. The molecule has 5 nitrogen and oxygen atoms in total. The number of benzene rings is 1. The standard InChI is InChI=1S/C15H19F3N2O3/c16-15(17,18)10-23-12-3-1-2-11(8-12)20-13(21)14(9-19)4-6-22-7-5-14/h1-3,8H,4-7,9-10,19H2,(H,20,21). The maximum absolute atomic E-state index is 12.5. The van der Waals surface area contributed by atoms with E-state index in [2.05, 4.69) is 10.1 Å². The monoisotopic (exact) mass is 332 g/mol. The Balaban J connectivity index is 2.03. The van der Waals surface area contributed by atoms with Gasteiger partial charge in [0.1, 0.15) is 5.75 Å². The Kier molecular flexibility index (Phi) is 5.48. The summed E-state index contributed by atoms with van der Waals surface area (Å²) in [6.45, 7) is -0.278. The minimum absolute atomic E-state index is 0.0360. The topological polar surface area (TPSA) is 73.6 Å². The fraction of sp³-hybridized carbons (Fsp3) is 0.533. The lowest BCUT2D eigenvalue weighted by molar-refractivity contribution is -0.153. The maximum Gasteiger partial charge on any atom is 0.422 e. The lowest BCUT2D eigenvalue weighted by Crippen LogP contribution is -2.46. The largest absolute Gasteiger partial charge is 0.484 e. The number of carbonyl (C=O) groups excluding carboxylic acids is 1. The van der Waals surface area contributed by atoms with Crippen LogP contribution >= 0.6 is 0 Å². The van der Waals surface area contributed by atoms with Crippen LogP contribution in [0.1, 0.15) is 12.8 Å². The van der Waals surface area contributed by atoms with E-state index < -0.39 is 18.2 Å². The van der Waals surface area contributed by atoms with Crippen LogP contribution in [0.25, 0.3) is 0 Å². The van der Waals surface area contributed by atoms with Gasteiger partial charge < -0.3 is 20.5 Å². The molecule has 0 aromatic heterocycles. The van der Waals surface area contributed by atoms with Crippen LogP contribution < -0.4 is 15.8 Å². The highest BCUT2D eigenvalue weighted by atomic mass is 19.4. The third kappa shape index (κ3) is 4.84. The average molecular weight is 332 g/mol. The fourth-order valence-electron chi connectivity index (χ4n) is 2.38. The quantitative estimate of drug-likeness (QED) is 0.868. The Morgan fingerprint density at radius 3 is 2.65 bits per heavy atom. The molecule has 1 fully saturated rings. The van der Waals surface area contributed by atoms with Crippen LogP contribution in [0.5, 0.6) is 5.75 Å². The molecule has 0 radical (unpaired) electrons. The molecule has 1 aliphatic heterocycles. The zero-order valence-electron chi connectivity index (χ0n) is 12.5. The van der Waals surface area contributed by atoms with Gasteiger partial charge >= 0.3 is 6.18 Å². The molecule has 1 amide bonds. The van der Waals surface area contributed by atoms with Gasteiger partial charge in [0.2, 0.25) is 5.91 Å². The molecule has 1 aromatic carbocycles. The molecule has 1 heterocycles. The van der Waals surface area contributed by atoms with Gasteiger partial charge in [-0.15, -0.1) is 0 Å². The van der Waals surface area contributed by atoms with Crippen LogP contribution in [0, 0.1) is 5.41 Å². The molecule has 1 aliphatic rings. The van der Waals surface area contributed by atoms with Crippen LogP contribution in [0.4, 0.5) is 18.9 Å². The van der Waals surface area contributed by atoms with E-state index in [1.807, 2.05) is 0 Å². The summed E-state index contributed by atoms with van der Waals surface area (Å²) in [5.41, 5.74) is 5.41. The van der Waals surface area contributed by atoms with Crippen molar-refractivity contribution < 1.29 is 27.4 Å². The van der Waals surface area contributed by atoms with Crippen LogP contribution in [0.15, 0.2) is 24.3 Å². The van der Waals surface area contributed by atoms with Crippen LogP contribution in [-0.4, -0.2) is 38.4 Å². The van der Waals surface area contributed by atoms with E-state index in [-0.39, 0.29) is 18.2 Å². The Bertz CT molecular complexity index is 543. The van der Waals surface area contributed by atoms with Crippen LogP contribution in [0.2, 0.25) is 0 Å². The summed E-state index contributed by atoms with van der Waals surface area (Å²) in [4.78, 5) is 12.5. The van der Waals surface area contributed by atoms with Crippen LogP contribution in [-0.2, 0) is 9.53 Å². The van der Waals surface area contributed by atoms with E-state index in [4.69, 9.17) is 10.5 Å². The number of rotatable bonds is 5. The molecule has 128 valence electrons. The average Bonchev–Trinajstić information content (AvgIpc) is 2.53. The molecule has 23 heavy (non-hydrogen) atoms. The zero-order valence-corrected chi connectivity index (χ0v) is 12.5. The summed E-state index contributed by atoms with van der Waals surface area (Å²) in [6, 6.07) is 5.85. The first-order chi connectivity index (χ1) is 10.8. The normalized spacial score (nSPS) is 17.6. The fourth-order valence-corrected chi connectivity index (χ4v) is 2.38. The van der Waals surface area contributed by atoms with Gasteiger partial charge in [-0.3, -0.25) is 4.79 Å². The zero-order chi connectivity index (χ0) is 16.9. The third-order valence-electron chi connectivity index (χ3n) is 3.82. The van der Waals surface area contributed by atoms with Crippen molar-refractivity contribution >= 4 is 11.6 Å². The van der Waals surface area contributed by atoms with E-state index in [1.165, 1.54) is 18.2 Å². The molecule has 0 atom stereocenters. The van der Waals surface area contributed by atoms with Crippen molar-refractivity contribution in [3.63, 3.8) is 0 Å². The lowest BCUT2D eigenvalue weighted by atomic mass is 9.79. The second-order valence-electron chi connectivity index (χ2n) is 5.48. The summed E-state index contributed by atoms with van der Waals surface area (Å²) < 4.78 is 46.4. The van der Waals surface area contributed by atoms with E-state index in [1.54, 1.807) is 6.07 Å². The van der Waals surface area contributed by atoms with Gasteiger partial charge in [0.25, 0.3) is 0 Å². The highest BCUT2D eigenvalue weighted by Crippen LogP contribution is 2.31. The first-order valence-corrected chi connectivity index (χ1v) is 7.24. The molecule has 0 bridgehead atoms. The van der Waals surface area contributed by atoms with Gasteiger partial charge in [-0.1, -0.05) is 6.07 Å². The summed E-state index contributed by atoms with van der Waals surface area (Å²) in [7, 11) is 0. The number of amides is 1. The highest BCUT2D eigenvalue weighted by Gasteiger charge is 2.38. The first kappa shape index (κ1) is 17.6. The maximum atomic E-state index is 12.5. The number of alkyl halides is 3. The number of carbonyl (C=O) groups is 1. The molecule has 0 unspecified atom stereocenters. The number of nitrogens with one attached hydrogen (secondary N) is 1. The molecular formula is C15H19F3N2O3. The van der Waals surface area contributed by atoms with Crippen LogP contribution in [0.3, 0.4) is 0 Å². The Morgan fingerprint density at radius 2 is 2.04 bits per heavy atom. The Labute approximate surface area is 131 Å². The molecule has 1 aromatic rings. The second kappa shape index (κ2) is 7.18. The van der Waals surface area contributed by atoms with Gasteiger partial charge in [0.05, 0.1) is 5.41 Å². The van der Waals surface area contributed by atoms with Crippen molar-refractivity contribution in [1.82, 2.24) is 0 Å². The predicted octanol–water partition coefficient (Wildman–Crippen LogP) is 2.32. The molecule has 0 aliphatic carbocycles. The van der Waals surface area contributed by atoms with Crippen molar-refractivity contribution in [2.75, 3.05) is 31.7 Å². The summed E-state index contributed by atoms with van der Waals surface area (Å²) in [5.74, 6) is -0.217. The summed E-state index contributed by atoms with van der Waals surface area (Å²) >= 11 is 0. The van der Waals surface area contributed by atoms with Gasteiger partial charge in [-0.2, -0.15) is 13.2 Å². The van der Waals surface area contributed by atoms with E-state index in [9.17, 15) is 18.0 Å². The number of hydrogen-bond donors (Lipinski definition) is 2. The van der Waals surface area contributed by atoms with Crippen molar-refractivity contribution in [2.45, 2.75) is 19.0 Å². The van der Waals surface area contributed by atoms with E-state index >= 15 is 0 Å². The smallest absolute Gasteiger partial charge is 0.422 e. The van der Waals surface area contributed by atoms with Gasteiger partial charge in [-0.25, -0.2) is 0 Å². The molecule has 3 N–H and O–H groups in total. The molecule has 0 saturated carbocycles. The predicted molar refractivity (Wildman–Crippen MR) is 78.2 cm³/mol. The molecule has 2 rings (SSSR count). The SMILES string of the molecule is NCC1(C(=O)Nc2cccc(OCC(F)(F)F)c2)CCOCC1. The van der Waals surface area contributed by atoms with Crippen molar-refractivity contribution in [3.05, 3.63) is 24.3 Å². The minimum atomic E-state index is -4.41. The van der Waals surface area contributed by atoms with Gasteiger partial charge in [0.15, 0.2) is 6.61 Å². The molecule has 0 spiro atoms. The van der Waals surface area contributed by atoms with Gasteiger partial charge in [-0.05, 0) is 25.0 Å². The third-order valence-corrected chi connectivity index (χ3v) is 3.82. The van der Waals surface area contributed by atoms with Crippen molar-refractivity contribution in [2.24, 2.45) is 11.1 Å². The molecular weight excluding hydrogens is 313 g/mol. The summed E-state index contributed by atoms with van der Waals surface area (Å²) in [5, 5.41) is 2.71.